The highest BCUT2D eigenvalue weighted by Gasteiger charge is 2.22. The molecule has 0 amide bonds. The zero-order chi connectivity index (χ0) is 14.6. The lowest BCUT2D eigenvalue weighted by Gasteiger charge is -2.33. The summed E-state index contributed by atoms with van der Waals surface area (Å²) in [5, 5.41) is 8.82. The lowest BCUT2D eigenvalue weighted by atomic mass is 10.0. The predicted octanol–water partition coefficient (Wildman–Crippen LogP) is 3.21. The molecular weight excluding hydrogens is 252 g/mol. The van der Waals surface area contributed by atoms with Crippen molar-refractivity contribution in [1.82, 2.24) is 4.90 Å². The summed E-state index contributed by atoms with van der Waals surface area (Å²) < 4.78 is 26.4. The van der Waals surface area contributed by atoms with Crippen molar-refractivity contribution in [3.63, 3.8) is 0 Å². The predicted molar refractivity (Wildman–Crippen MR) is 68.9 cm³/mol. The lowest BCUT2D eigenvalue weighted by molar-refractivity contribution is -0.138. The molecule has 0 aliphatic rings. The van der Waals surface area contributed by atoms with Crippen molar-refractivity contribution in [2.75, 3.05) is 6.54 Å². The van der Waals surface area contributed by atoms with E-state index in [1.165, 1.54) is 12.1 Å². The van der Waals surface area contributed by atoms with E-state index in [0.717, 1.165) is 6.07 Å². The molecule has 19 heavy (non-hydrogen) atoms. The van der Waals surface area contributed by atoms with Crippen LogP contribution in [0.3, 0.4) is 0 Å². The van der Waals surface area contributed by atoms with E-state index in [2.05, 4.69) is 0 Å². The van der Waals surface area contributed by atoms with Crippen LogP contribution in [0.25, 0.3) is 0 Å². The van der Waals surface area contributed by atoms with E-state index in [-0.39, 0.29) is 18.5 Å². The number of benzene rings is 1. The standard InChI is InChI=1S/C14H19F2NO2/c1-4-17(9(2)5-14(18)19)10(3)11-6-12(15)8-13(16)7-11/h6-10H,4-5H2,1-3H3,(H,18,19). The highest BCUT2D eigenvalue weighted by Crippen LogP contribution is 2.24. The summed E-state index contributed by atoms with van der Waals surface area (Å²) in [5.41, 5.74) is 0.511. The van der Waals surface area contributed by atoms with Gasteiger partial charge in [-0.2, -0.15) is 0 Å². The van der Waals surface area contributed by atoms with Crippen LogP contribution < -0.4 is 0 Å². The van der Waals surface area contributed by atoms with Gasteiger partial charge in [0.25, 0.3) is 0 Å². The molecule has 0 aromatic heterocycles. The van der Waals surface area contributed by atoms with Gasteiger partial charge in [0.05, 0.1) is 6.42 Å². The molecule has 1 aromatic carbocycles. The molecule has 0 fully saturated rings. The van der Waals surface area contributed by atoms with Gasteiger partial charge in [-0.15, -0.1) is 0 Å². The third kappa shape index (κ3) is 4.28. The Morgan fingerprint density at radius 2 is 1.79 bits per heavy atom. The minimum Gasteiger partial charge on any atom is -0.481 e. The minimum absolute atomic E-state index is 0.00399. The molecule has 0 aliphatic heterocycles. The molecule has 106 valence electrons. The van der Waals surface area contributed by atoms with Gasteiger partial charge in [-0.3, -0.25) is 9.69 Å². The van der Waals surface area contributed by atoms with Crippen LogP contribution in [-0.2, 0) is 4.79 Å². The summed E-state index contributed by atoms with van der Waals surface area (Å²) in [6.45, 7) is 6.11. The fraction of sp³-hybridized carbons (Fsp3) is 0.500. The number of halogens is 2. The Labute approximate surface area is 111 Å². The Balaban J connectivity index is 2.94. The average Bonchev–Trinajstić information content (AvgIpc) is 2.27. The molecule has 0 saturated heterocycles. The van der Waals surface area contributed by atoms with Crippen molar-refractivity contribution in [2.45, 2.75) is 39.3 Å². The topological polar surface area (TPSA) is 40.5 Å². The van der Waals surface area contributed by atoms with Crippen LogP contribution >= 0.6 is 0 Å². The third-order valence-electron chi connectivity index (χ3n) is 3.27. The summed E-state index contributed by atoms with van der Waals surface area (Å²) in [7, 11) is 0. The molecule has 0 bridgehead atoms. The number of hydrogen-bond acceptors (Lipinski definition) is 2. The molecule has 0 heterocycles. The minimum atomic E-state index is -0.886. The van der Waals surface area contributed by atoms with E-state index >= 15 is 0 Å². The number of aliphatic carboxylic acids is 1. The molecule has 0 aliphatic carbocycles. The second-order valence-corrected chi connectivity index (χ2v) is 4.66. The molecule has 1 aromatic rings. The zero-order valence-corrected chi connectivity index (χ0v) is 11.4. The lowest BCUT2D eigenvalue weighted by Crippen LogP contribution is -2.36. The van der Waals surface area contributed by atoms with Gasteiger partial charge in [0.15, 0.2) is 0 Å². The van der Waals surface area contributed by atoms with Crippen LogP contribution in [0.1, 0.15) is 38.8 Å². The Kier molecular flexibility index (Phi) is 5.42. The van der Waals surface area contributed by atoms with Crippen molar-refractivity contribution >= 4 is 5.97 Å². The van der Waals surface area contributed by atoms with Gasteiger partial charge in [0.2, 0.25) is 0 Å². The van der Waals surface area contributed by atoms with Crippen molar-refractivity contribution in [1.29, 1.82) is 0 Å². The normalized spacial score (nSPS) is 14.4. The van der Waals surface area contributed by atoms with E-state index in [9.17, 15) is 13.6 Å². The van der Waals surface area contributed by atoms with Gasteiger partial charge in [-0.25, -0.2) is 8.78 Å². The number of carbonyl (C=O) groups is 1. The summed E-state index contributed by atoms with van der Waals surface area (Å²) >= 11 is 0. The summed E-state index contributed by atoms with van der Waals surface area (Å²) in [4.78, 5) is 12.7. The molecule has 1 rings (SSSR count). The van der Waals surface area contributed by atoms with Crippen LogP contribution in [0.4, 0.5) is 8.78 Å². The molecule has 3 nitrogen and oxygen atoms in total. The van der Waals surface area contributed by atoms with E-state index in [1.807, 2.05) is 18.7 Å². The molecule has 2 atom stereocenters. The SMILES string of the molecule is CCN(C(C)CC(=O)O)C(C)c1cc(F)cc(F)c1. The number of rotatable bonds is 6. The maximum absolute atomic E-state index is 13.2. The van der Waals surface area contributed by atoms with Crippen LogP contribution in [0.15, 0.2) is 18.2 Å². The van der Waals surface area contributed by atoms with Crippen molar-refractivity contribution < 1.29 is 18.7 Å². The van der Waals surface area contributed by atoms with Gasteiger partial charge in [-0.05, 0) is 38.1 Å². The Morgan fingerprint density at radius 3 is 2.21 bits per heavy atom. The Hall–Kier alpha value is -1.49. The number of nitrogens with zero attached hydrogens (tertiary/aromatic N) is 1. The fourth-order valence-electron chi connectivity index (χ4n) is 2.35. The van der Waals surface area contributed by atoms with Gasteiger partial charge in [0.1, 0.15) is 11.6 Å². The molecular formula is C14H19F2NO2. The van der Waals surface area contributed by atoms with Gasteiger partial charge >= 0.3 is 5.97 Å². The van der Waals surface area contributed by atoms with Gasteiger partial charge in [0, 0.05) is 18.2 Å². The molecule has 2 unspecified atom stereocenters. The molecule has 0 saturated carbocycles. The average molecular weight is 271 g/mol. The Morgan fingerprint density at radius 1 is 1.26 bits per heavy atom. The van der Waals surface area contributed by atoms with Gasteiger partial charge in [-0.1, -0.05) is 6.92 Å². The summed E-state index contributed by atoms with van der Waals surface area (Å²) in [5.74, 6) is -2.13. The van der Waals surface area contributed by atoms with Gasteiger partial charge < -0.3 is 5.11 Å². The fourth-order valence-corrected chi connectivity index (χ4v) is 2.35. The second-order valence-electron chi connectivity index (χ2n) is 4.66. The largest absolute Gasteiger partial charge is 0.481 e. The third-order valence-corrected chi connectivity index (χ3v) is 3.27. The van der Waals surface area contributed by atoms with Crippen LogP contribution in [0, 0.1) is 11.6 Å². The highest BCUT2D eigenvalue weighted by atomic mass is 19.1. The van der Waals surface area contributed by atoms with E-state index < -0.39 is 17.6 Å². The first kappa shape index (κ1) is 15.6. The molecule has 1 N–H and O–H groups in total. The molecule has 0 radical (unpaired) electrons. The number of hydrogen-bond donors (Lipinski definition) is 1. The zero-order valence-electron chi connectivity index (χ0n) is 11.4. The van der Waals surface area contributed by atoms with E-state index in [0.29, 0.717) is 12.1 Å². The van der Waals surface area contributed by atoms with E-state index in [1.54, 1.807) is 6.92 Å². The van der Waals surface area contributed by atoms with Crippen LogP contribution in [0.2, 0.25) is 0 Å². The monoisotopic (exact) mass is 271 g/mol. The summed E-state index contributed by atoms with van der Waals surface area (Å²) in [6, 6.07) is 2.94. The summed E-state index contributed by atoms with van der Waals surface area (Å²) in [6.07, 6.45) is -0.00399. The highest BCUT2D eigenvalue weighted by molar-refractivity contribution is 5.67. The van der Waals surface area contributed by atoms with Crippen molar-refractivity contribution in [2.24, 2.45) is 0 Å². The van der Waals surface area contributed by atoms with Crippen LogP contribution in [0.5, 0.6) is 0 Å². The Bertz CT molecular complexity index is 431. The quantitative estimate of drug-likeness (QED) is 0.863. The maximum Gasteiger partial charge on any atom is 0.304 e. The van der Waals surface area contributed by atoms with Crippen LogP contribution in [-0.4, -0.2) is 28.6 Å². The molecule has 0 spiro atoms. The maximum atomic E-state index is 13.2. The van der Waals surface area contributed by atoms with Crippen molar-refractivity contribution in [3.05, 3.63) is 35.4 Å². The second kappa shape index (κ2) is 6.61. The number of carboxylic acids is 1. The molecule has 5 heteroatoms. The van der Waals surface area contributed by atoms with E-state index in [4.69, 9.17) is 5.11 Å². The first-order chi connectivity index (χ1) is 8.85. The number of carboxylic acid groups (broad SMARTS) is 1. The first-order valence-electron chi connectivity index (χ1n) is 6.28. The van der Waals surface area contributed by atoms with Crippen molar-refractivity contribution in [3.8, 4) is 0 Å². The smallest absolute Gasteiger partial charge is 0.304 e. The first-order valence-corrected chi connectivity index (χ1v) is 6.28.